The van der Waals surface area contributed by atoms with Crippen LogP contribution in [0.1, 0.15) is 111 Å². The van der Waals surface area contributed by atoms with E-state index in [9.17, 15) is 4.39 Å². The highest BCUT2D eigenvalue weighted by Gasteiger charge is 2.18. The topological polar surface area (TPSA) is 174 Å². The molecule has 0 aromatic heterocycles. The van der Waals surface area contributed by atoms with Crippen molar-refractivity contribution in [1.82, 2.24) is 0 Å². The molecule has 0 amide bonds. The number of hydrogen-bond acceptors (Lipinski definition) is 17. The van der Waals surface area contributed by atoms with Gasteiger partial charge in [-0.15, -0.1) is 12.6 Å². The molecular weight excluding hydrogens is 1990 g/mol. The number of nitrogens with one attached hydrogen (secondary N) is 6. The van der Waals surface area contributed by atoms with Gasteiger partial charge in [0.05, 0.1) is 74.7 Å². The average Bonchev–Trinajstić information content (AvgIpc) is 0.842. The highest BCUT2D eigenvalue weighted by molar-refractivity contribution is 14.1. The average molecular weight is 2110 g/mol. The Morgan fingerprint density at radius 2 is 0.598 bits per heavy atom. The van der Waals surface area contributed by atoms with E-state index in [2.05, 4.69) is 181 Å². The van der Waals surface area contributed by atoms with Gasteiger partial charge in [-0.25, -0.2) is 4.39 Å². The van der Waals surface area contributed by atoms with Crippen molar-refractivity contribution in [1.29, 1.82) is 0 Å². The van der Waals surface area contributed by atoms with Gasteiger partial charge in [-0.1, -0.05) is 228 Å². The summed E-state index contributed by atoms with van der Waals surface area (Å²) in [7, 11) is 7.62. The number of benzene rings is 12. The number of halogens is 4. The van der Waals surface area contributed by atoms with E-state index in [1.807, 2.05) is 193 Å². The van der Waals surface area contributed by atoms with Crippen molar-refractivity contribution < 1.29 is 56.5 Å². The number of rotatable bonds is 25. The van der Waals surface area contributed by atoms with Crippen LogP contribution in [0.5, 0.6) is 34.5 Å². The first-order valence-corrected chi connectivity index (χ1v) is 46.6. The monoisotopic (exact) mass is 2100 g/mol. The number of hydrogen-bond donors (Lipinski definition) is 7. The lowest BCUT2D eigenvalue weighted by molar-refractivity contribution is 0.304. The maximum absolute atomic E-state index is 14.0. The van der Waals surface area contributed by atoms with Crippen molar-refractivity contribution in [2.75, 3.05) is 67.4 Å². The van der Waals surface area contributed by atoms with Gasteiger partial charge in [0, 0.05) is 41.4 Å². The lowest BCUT2D eigenvalue weighted by Crippen LogP contribution is -2.14. The second-order valence-corrected chi connectivity index (χ2v) is 35.6. The van der Waals surface area contributed by atoms with Gasteiger partial charge in [0.1, 0.15) is 84.3 Å². The molecule has 12 aromatic carbocycles. The standard InChI is InChI=1S/C19H21NO2S.C18H21NO2S.C17H18BrNO2S.C17H18FNO2S.C17H18INO2S.C16H16ClNOS2/c1-5-15-7-6-8-16(18(15)20-19(23)21-4)12-22-17-10-9-13(2)11-14(17)3;1-12-8-9-16(14(3)10-12)21-11-15-7-5-6-13(2)17(15)19-18(22)20-4;3*1-11-7-8-15(12(2)9-11)21-10-13-5-4-6-14(18)16(13)19-17(22)20-3;1-10-6-7-14(11(2)8-10)19-9-12-4-3-5-13(17)15(12)18-16(20)21/h5-11H,1,12H2,2-4H3,(H,20,23);5-10H,11H2,1-4H3,(H,19,22);3*4-9H,10H2,1-3H3,(H,19,22);3-8H,9H2,1-2H3,(H2,18,20,21). The van der Waals surface area contributed by atoms with E-state index in [0.717, 1.165) is 143 Å². The van der Waals surface area contributed by atoms with Crippen LogP contribution >= 0.6 is 136 Å². The predicted octanol–water partition coefficient (Wildman–Crippen LogP) is 28.7. The Kier molecular flexibility index (Phi) is 45.7. The zero-order chi connectivity index (χ0) is 96.7. The summed E-state index contributed by atoms with van der Waals surface area (Å²) in [5.74, 6) is 4.78. The summed E-state index contributed by atoms with van der Waals surface area (Å²) in [5, 5.41) is 20.1. The summed E-state index contributed by atoms with van der Waals surface area (Å²) in [6, 6.07) is 71.0. The Morgan fingerprint density at radius 1 is 0.333 bits per heavy atom. The van der Waals surface area contributed by atoms with Crippen molar-refractivity contribution in [3.8, 4) is 34.5 Å². The van der Waals surface area contributed by atoms with E-state index in [1.54, 1.807) is 38.5 Å². The number of thiol groups is 1. The van der Waals surface area contributed by atoms with Gasteiger partial charge in [-0.2, -0.15) is 0 Å². The van der Waals surface area contributed by atoms with E-state index in [1.165, 1.54) is 60.8 Å². The number of para-hydroxylation sites is 6. The minimum Gasteiger partial charge on any atom is -0.489 e. The minimum atomic E-state index is -0.402. The second kappa shape index (κ2) is 55.7. The summed E-state index contributed by atoms with van der Waals surface area (Å²) in [4.78, 5) is 0. The highest BCUT2D eigenvalue weighted by Crippen LogP contribution is 2.35. The Labute approximate surface area is 842 Å². The first-order valence-electron chi connectivity index (χ1n) is 41.4. The van der Waals surface area contributed by atoms with Gasteiger partial charge >= 0.3 is 0 Å². The van der Waals surface area contributed by atoms with Crippen molar-refractivity contribution in [3.63, 3.8) is 0 Å². The van der Waals surface area contributed by atoms with Crippen LogP contribution in [0, 0.1) is 99.4 Å². The molecule has 28 heteroatoms. The van der Waals surface area contributed by atoms with Crippen LogP contribution in [0.25, 0.3) is 6.08 Å². The molecule has 0 bridgehead atoms. The van der Waals surface area contributed by atoms with Crippen LogP contribution in [0.2, 0.25) is 5.02 Å². The fourth-order valence-corrected chi connectivity index (χ4v) is 15.1. The number of methoxy groups -OCH3 is 5. The van der Waals surface area contributed by atoms with Gasteiger partial charge in [-0.05, 0) is 295 Å². The number of thiocarbonyl (C=S) groups is 6. The Morgan fingerprint density at radius 3 is 0.939 bits per heavy atom. The van der Waals surface area contributed by atoms with Gasteiger partial charge in [0.2, 0.25) is 0 Å². The highest BCUT2D eigenvalue weighted by atomic mass is 127. The maximum atomic E-state index is 14.0. The first-order chi connectivity index (χ1) is 63.0. The lowest BCUT2D eigenvalue weighted by atomic mass is 10.1. The van der Waals surface area contributed by atoms with Gasteiger partial charge in [0.25, 0.3) is 25.9 Å². The largest absolute Gasteiger partial charge is 0.489 e. The van der Waals surface area contributed by atoms with Crippen LogP contribution in [-0.4, -0.2) is 65.7 Å². The third kappa shape index (κ3) is 35.4. The fraction of sp³-hybridized carbons (Fsp3) is 0.231. The first kappa shape index (κ1) is 108. The molecule has 0 saturated carbocycles. The van der Waals surface area contributed by atoms with Crippen molar-refractivity contribution in [2.45, 2.75) is 130 Å². The Bertz CT molecular complexity index is 5540. The van der Waals surface area contributed by atoms with Crippen molar-refractivity contribution in [2.24, 2.45) is 0 Å². The second-order valence-electron chi connectivity index (χ2n) is 30.1. The molecule has 0 atom stereocenters. The minimum absolute atomic E-state index is 0.109. The number of anilines is 6. The van der Waals surface area contributed by atoms with Crippen molar-refractivity contribution >= 4 is 206 Å². The van der Waals surface area contributed by atoms with Crippen LogP contribution in [0.4, 0.5) is 38.5 Å². The molecule has 0 heterocycles. The maximum Gasteiger partial charge on any atom is 0.260 e. The predicted molar refractivity (Wildman–Crippen MR) is 582 cm³/mol. The van der Waals surface area contributed by atoms with Crippen LogP contribution in [0.15, 0.2) is 229 Å². The molecule has 0 saturated heterocycles. The van der Waals surface area contributed by atoms with Crippen molar-refractivity contribution in [3.05, 3.63) is 355 Å². The molecule has 0 aliphatic heterocycles. The zero-order valence-electron chi connectivity index (χ0n) is 77.2. The van der Waals surface area contributed by atoms with E-state index < -0.39 is 5.82 Å². The van der Waals surface area contributed by atoms with Crippen LogP contribution in [-0.2, 0) is 63.3 Å². The van der Waals surface area contributed by atoms with Gasteiger partial charge in [0.15, 0.2) is 0 Å². The molecule has 132 heavy (non-hydrogen) atoms. The third-order valence-electron chi connectivity index (χ3n) is 19.7. The van der Waals surface area contributed by atoms with Gasteiger partial charge < -0.3 is 84.0 Å². The van der Waals surface area contributed by atoms with Crippen LogP contribution in [0.3, 0.4) is 0 Å². The molecule has 6 N–H and O–H groups in total. The molecule has 0 radical (unpaired) electrons. The summed E-state index contributed by atoms with van der Waals surface area (Å²) < 4.78 is 76.9. The zero-order valence-corrected chi connectivity index (χ0v) is 87.5. The summed E-state index contributed by atoms with van der Waals surface area (Å²) in [5.41, 5.74) is 26.2. The molecule has 0 aliphatic rings. The Hall–Kier alpha value is -10.7. The molecule has 694 valence electrons. The Balaban J connectivity index is 0.000000216. The quantitative estimate of drug-likeness (QED) is 0.0163. The molecule has 0 unspecified atom stereocenters. The molecule has 0 aliphatic carbocycles. The van der Waals surface area contributed by atoms with Crippen LogP contribution < -0.4 is 60.3 Å². The van der Waals surface area contributed by atoms with E-state index in [-0.39, 0.29) is 17.5 Å². The summed E-state index contributed by atoms with van der Waals surface area (Å²) in [6.45, 7) is 32.9. The molecule has 12 aromatic rings. The van der Waals surface area contributed by atoms with E-state index >= 15 is 0 Å². The summed E-state index contributed by atoms with van der Waals surface area (Å²) >= 11 is 46.3. The number of ether oxygens (including phenoxy) is 11. The van der Waals surface area contributed by atoms with E-state index in [0.29, 0.717) is 68.6 Å². The molecule has 17 nitrogen and oxygen atoms in total. The molecule has 0 spiro atoms. The molecule has 12 rings (SSSR count). The molecular formula is C104H112BrClFIN6O11S7. The van der Waals surface area contributed by atoms with Gasteiger partial charge in [-0.3, -0.25) is 0 Å². The lowest BCUT2D eigenvalue weighted by Gasteiger charge is -2.16. The number of aryl methyl sites for hydroxylation is 13. The smallest absolute Gasteiger partial charge is 0.260 e. The third-order valence-corrected chi connectivity index (χ3v) is 23.2. The summed E-state index contributed by atoms with van der Waals surface area (Å²) in [6.07, 6.45) is 1.78. The normalized spacial score (nSPS) is 10.2. The molecule has 0 fully saturated rings. The van der Waals surface area contributed by atoms with E-state index in [4.69, 9.17) is 137 Å². The fourth-order valence-electron chi connectivity index (χ4n) is 13.0. The SMILES string of the molecule is C=Cc1cccc(COc2ccc(C)cc2C)c1NC(=S)OC.COC(=S)Nc1c(Br)cccc1COc1ccc(C)cc1C.COC(=S)Nc1c(C)cccc1COc1ccc(C)cc1C.COC(=S)Nc1c(F)cccc1COc1ccc(C)cc1C.COC(=S)Nc1c(I)cccc1COc1ccc(C)cc1C.Cc1ccc(OCc2cccc(Cl)c2NC(=S)S)c(C)c1.